The topological polar surface area (TPSA) is 73.7 Å². The van der Waals surface area contributed by atoms with Gasteiger partial charge in [-0.15, -0.1) is 0 Å². The Hall–Kier alpha value is -4.43. The van der Waals surface area contributed by atoms with Gasteiger partial charge in [0, 0.05) is 24.2 Å². The number of nitrogens with one attached hydrogen (secondary N) is 2. The molecule has 0 radical (unpaired) electrons. The molecular weight excluding hydrogens is 515 g/mol. The van der Waals surface area contributed by atoms with Gasteiger partial charge in [0.05, 0.1) is 18.0 Å². The van der Waals surface area contributed by atoms with Crippen molar-refractivity contribution >= 4 is 17.4 Å². The van der Waals surface area contributed by atoms with E-state index in [0.29, 0.717) is 41.9 Å². The number of benzene rings is 4. The summed E-state index contributed by atoms with van der Waals surface area (Å²) in [5, 5.41) is 16.9. The molecule has 1 aliphatic carbocycles. The van der Waals surface area contributed by atoms with Gasteiger partial charge < -0.3 is 15.7 Å². The lowest BCUT2D eigenvalue weighted by Crippen LogP contribution is -2.33. The maximum atomic E-state index is 13.6. The Balaban J connectivity index is 1.23. The van der Waals surface area contributed by atoms with Crippen LogP contribution in [0.3, 0.4) is 0 Å². The molecule has 5 nitrogen and oxygen atoms in total. The number of fused-ring (bicyclic) bond motifs is 1. The maximum absolute atomic E-state index is 13.6. The molecule has 204 valence electrons. The number of anilines is 1. The van der Waals surface area contributed by atoms with E-state index in [2.05, 4.69) is 15.6 Å². The smallest absolute Gasteiger partial charge is 0.251 e. The lowest BCUT2D eigenvalue weighted by molar-refractivity contribution is 0.0858. The molecule has 1 amide bonds. The summed E-state index contributed by atoms with van der Waals surface area (Å²) in [6, 6.07) is 21.7. The molecule has 0 heterocycles. The molecule has 4 aromatic carbocycles. The van der Waals surface area contributed by atoms with Crippen LogP contribution in [0.1, 0.15) is 40.0 Å². The van der Waals surface area contributed by atoms with E-state index in [4.69, 9.17) is 0 Å². The summed E-state index contributed by atoms with van der Waals surface area (Å²) in [6.07, 6.45) is 0.326. The standard InChI is InChI=1S/C32H28F3N3O2/c1-19(36-15-14-20-2-10-25(33)11-3-20)37-26-12-8-24-17-30(39)31(27(24)18-26)38-32(40)22-6-4-21(5-7-22)23-9-13-28(34)29(35)16-23/h2-13,16,18,30-31,39H,14-15,17H2,1H3,(H,36,37)(H,38,40)/t30-,31-/m1/s1. The second kappa shape index (κ2) is 11.8. The van der Waals surface area contributed by atoms with Crippen molar-refractivity contribution in [2.45, 2.75) is 31.9 Å². The Morgan fingerprint density at radius 3 is 2.35 bits per heavy atom. The number of halogens is 3. The second-order valence-electron chi connectivity index (χ2n) is 9.81. The summed E-state index contributed by atoms with van der Waals surface area (Å²) in [7, 11) is 0. The third kappa shape index (κ3) is 6.24. The largest absolute Gasteiger partial charge is 0.390 e. The molecule has 8 heteroatoms. The van der Waals surface area contributed by atoms with Crippen LogP contribution in [0.4, 0.5) is 18.9 Å². The van der Waals surface area contributed by atoms with Crippen molar-refractivity contribution in [3.8, 4) is 11.1 Å². The van der Waals surface area contributed by atoms with Crippen LogP contribution in [0.2, 0.25) is 0 Å². The molecule has 0 saturated heterocycles. The van der Waals surface area contributed by atoms with E-state index in [1.54, 1.807) is 36.4 Å². The zero-order valence-corrected chi connectivity index (χ0v) is 21.8. The first-order valence-corrected chi connectivity index (χ1v) is 13.0. The SMILES string of the molecule is CC(=NCCc1ccc(F)cc1)Nc1ccc2c(c1)[C@@H](NC(=O)c1ccc(-c3ccc(F)c(F)c3)cc1)[C@H](O)C2. The van der Waals surface area contributed by atoms with Crippen LogP contribution in [0, 0.1) is 17.5 Å². The van der Waals surface area contributed by atoms with E-state index in [0.717, 1.165) is 34.5 Å². The monoisotopic (exact) mass is 543 g/mol. The first-order chi connectivity index (χ1) is 19.3. The fraction of sp³-hybridized carbons (Fsp3) is 0.188. The Morgan fingerprint density at radius 1 is 0.900 bits per heavy atom. The summed E-state index contributed by atoms with van der Waals surface area (Å²) in [4.78, 5) is 17.6. The minimum atomic E-state index is -0.937. The van der Waals surface area contributed by atoms with Crippen molar-refractivity contribution < 1.29 is 23.1 Å². The number of rotatable bonds is 7. The molecule has 0 bridgehead atoms. The molecule has 0 unspecified atom stereocenters. The highest BCUT2D eigenvalue weighted by Crippen LogP contribution is 2.34. The number of amidine groups is 1. The van der Waals surface area contributed by atoms with Gasteiger partial charge in [0.15, 0.2) is 11.6 Å². The number of nitrogens with zero attached hydrogens (tertiary/aromatic N) is 1. The fourth-order valence-corrected chi connectivity index (χ4v) is 4.84. The Labute approximate surface area is 230 Å². The number of hydrogen-bond donors (Lipinski definition) is 3. The average molecular weight is 544 g/mol. The Kier molecular flexibility index (Phi) is 7.98. The molecule has 0 aromatic heterocycles. The summed E-state index contributed by atoms with van der Waals surface area (Å²) in [5.74, 6) is -1.77. The minimum Gasteiger partial charge on any atom is -0.390 e. The lowest BCUT2D eigenvalue weighted by Gasteiger charge is -2.19. The van der Waals surface area contributed by atoms with Gasteiger partial charge in [-0.1, -0.05) is 36.4 Å². The van der Waals surface area contributed by atoms with E-state index >= 15 is 0 Å². The second-order valence-corrected chi connectivity index (χ2v) is 9.81. The van der Waals surface area contributed by atoms with Crippen LogP contribution < -0.4 is 10.6 Å². The molecule has 0 aliphatic heterocycles. The van der Waals surface area contributed by atoms with Crippen molar-refractivity contribution in [1.82, 2.24) is 5.32 Å². The number of amides is 1. The normalized spacial score (nSPS) is 16.5. The van der Waals surface area contributed by atoms with Crippen LogP contribution in [-0.4, -0.2) is 29.5 Å². The molecule has 1 aliphatic rings. The average Bonchev–Trinajstić information content (AvgIpc) is 3.25. The van der Waals surface area contributed by atoms with Crippen LogP contribution >= 0.6 is 0 Å². The van der Waals surface area contributed by atoms with Crippen molar-refractivity contribution in [1.29, 1.82) is 0 Å². The number of carbonyl (C=O) groups excluding carboxylic acids is 1. The minimum absolute atomic E-state index is 0.265. The van der Waals surface area contributed by atoms with E-state index in [1.165, 1.54) is 18.2 Å². The lowest BCUT2D eigenvalue weighted by atomic mass is 10.0. The molecule has 0 saturated carbocycles. The first-order valence-electron chi connectivity index (χ1n) is 13.0. The highest BCUT2D eigenvalue weighted by atomic mass is 19.2. The number of aliphatic hydroxyl groups is 1. The van der Waals surface area contributed by atoms with Gasteiger partial charge in [0.1, 0.15) is 5.82 Å². The van der Waals surface area contributed by atoms with Gasteiger partial charge in [-0.3, -0.25) is 9.79 Å². The highest BCUT2D eigenvalue weighted by molar-refractivity contribution is 5.95. The summed E-state index contributed by atoms with van der Waals surface area (Å²) >= 11 is 0. The van der Waals surface area contributed by atoms with E-state index in [9.17, 15) is 23.1 Å². The van der Waals surface area contributed by atoms with Crippen molar-refractivity contribution in [3.05, 3.63) is 125 Å². The summed E-state index contributed by atoms with van der Waals surface area (Å²) < 4.78 is 39.9. The summed E-state index contributed by atoms with van der Waals surface area (Å²) in [5.41, 5.74) is 5.08. The van der Waals surface area contributed by atoms with Gasteiger partial charge >= 0.3 is 0 Å². The van der Waals surface area contributed by atoms with Crippen molar-refractivity contribution in [2.75, 3.05) is 11.9 Å². The molecule has 4 aromatic rings. The van der Waals surface area contributed by atoms with Crippen LogP contribution in [0.15, 0.2) is 89.9 Å². The molecule has 5 rings (SSSR count). The quantitative estimate of drug-likeness (QED) is 0.191. The van der Waals surface area contributed by atoms with Crippen LogP contribution in [0.5, 0.6) is 0 Å². The zero-order chi connectivity index (χ0) is 28.2. The Morgan fingerprint density at radius 2 is 1.62 bits per heavy atom. The van der Waals surface area contributed by atoms with E-state index in [1.807, 2.05) is 25.1 Å². The molecular formula is C32H28F3N3O2. The molecule has 0 spiro atoms. The number of hydrogen-bond acceptors (Lipinski definition) is 3. The Bertz CT molecular complexity index is 1550. The van der Waals surface area contributed by atoms with E-state index < -0.39 is 23.8 Å². The number of aliphatic hydroxyl groups excluding tert-OH is 1. The van der Waals surface area contributed by atoms with Crippen LogP contribution in [0.25, 0.3) is 11.1 Å². The first kappa shape index (κ1) is 27.1. The third-order valence-corrected chi connectivity index (χ3v) is 6.97. The van der Waals surface area contributed by atoms with Gasteiger partial charge in [-0.05, 0) is 89.7 Å². The van der Waals surface area contributed by atoms with Crippen molar-refractivity contribution in [2.24, 2.45) is 4.99 Å². The van der Waals surface area contributed by atoms with Crippen molar-refractivity contribution in [3.63, 3.8) is 0 Å². The predicted octanol–water partition coefficient (Wildman–Crippen LogP) is 6.23. The summed E-state index contributed by atoms with van der Waals surface area (Å²) in [6.45, 7) is 2.40. The van der Waals surface area contributed by atoms with Gasteiger partial charge in [0.2, 0.25) is 0 Å². The van der Waals surface area contributed by atoms with Gasteiger partial charge in [-0.2, -0.15) is 0 Å². The van der Waals surface area contributed by atoms with Gasteiger partial charge in [-0.25, -0.2) is 13.2 Å². The predicted molar refractivity (Wildman–Crippen MR) is 150 cm³/mol. The number of aliphatic imine (C=N–C) groups is 1. The zero-order valence-electron chi connectivity index (χ0n) is 21.8. The molecule has 3 N–H and O–H groups in total. The van der Waals surface area contributed by atoms with Gasteiger partial charge in [0.25, 0.3) is 5.91 Å². The number of carbonyl (C=O) groups is 1. The highest BCUT2D eigenvalue weighted by Gasteiger charge is 2.32. The van der Waals surface area contributed by atoms with E-state index in [-0.39, 0.29) is 11.7 Å². The molecule has 0 fully saturated rings. The molecule has 40 heavy (non-hydrogen) atoms. The molecule has 2 atom stereocenters. The maximum Gasteiger partial charge on any atom is 0.251 e. The fourth-order valence-electron chi connectivity index (χ4n) is 4.84. The van der Waals surface area contributed by atoms with Crippen LogP contribution in [-0.2, 0) is 12.8 Å². The third-order valence-electron chi connectivity index (χ3n) is 6.97.